The lowest BCUT2D eigenvalue weighted by Gasteiger charge is -2.20. The topological polar surface area (TPSA) is 21.3 Å². The van der Waals surface area contributed by atoms with Crippen LogP contribution in [0.25, 0.3) is 11.1 Å². The van der Waals surface area contributed by atoms with Crippen LogP contribution >= 0.6 is 0 Å². The molecule has 110 valence electrons. The van der Waals surface area contributed by atoms with Gasteiger partial charge in [0.2, 0.25) is 0 Å². The van der Waals surface area contributed by atoms with E-state index < -0.39 is 6.36 Å². The Morgan fingerprint density at radius 1 is 1.05 bits per heavy atom. The van der Waals surface area contributed by atoms with Crippen LogP contribution in [0.15, 0.2) is 42.5 Å². The first-order valence-electron chi connectivity index (χ1n) is 6.70. The lowest BCUT2D eigenvalue weighted by molar-refractivity contribution is -0.274. The predicted octanol–water partition coefficient (Wildman–Crippen LogP) is 3.90. The molecule has 1 aliphatic heterocycles. The molecule has 0 saturated heterocycles. The molecular weight excluding hydrogens is 279 g/mol. The normalized spacial score (nSPS) is 14.6. The molecule has 0 radical (unpaired) electrons. The zero-order valence-corrected chi connectivity index (χ0v) is 11.2. The fraction of sp³-hybridized carbons (Fsp3) is 0.250. The Morgan fingerprint density at radius 2 is 1.86 bits per heavy atom. The number of rotatable bonds is 2. The van der Waals surface area contributed by atoms with Crippen molar-refractivity contribution in [3.8, 4) is 16.9 Å². The summed E-state index contributed by atoms with van der Waals surface area (Å²) in [5, 5.41) is 3.29. The Balaban J connectivity index is 1.99. The molecule has 1 N–H and O–H groups in total. The summed E-state index contributed by atoms with van der Waals surface area (Å²) in [7, 11) is 0. The Morgan fingerprint density at radius 3 is 2.67 bits per heavy atom. The van der Waals surface area contributed by atoms with Gasteiger partial charge in [-0.05, 0) is 47.4 Å². The second-order valence-electron chi connectivity index (χ2n) is 4.95. The number of ether oxygens (including phenoxy) is 1. The van der Waals surface area contributed by atoms with Gasteiger partial charge in [0, 0.05) is 6.54 Å². The van der Waals surface area contributed by atoms with Crippen molar-refractivity contribution < 1.29 is 17.9 Å². The first kappa shape index (κ1) is 13.9. The van der Waals surface area contributed by atoms with Gasteiger partial charge in [-0.15, -0.1) is 13.2 Å². The summed E-state index contributed by atoms with van der Waals surface area (Å²) in [5.41, 5.74) is 4.07. The quantitative estimate of drug-likeness (QED) is 0.906. The molecule has 0 atom stereocenters. The lowest BCUT2D eigenvalue weighted by atomic mass is 9.92. The van der Waals surface area contributed by atoms with Crippen molar-refractivity contribution in [2.24, 2.45) is 0 Å². The fourth-order valence-electron chi connectivity index (χ4n) is 2.65. The average Bonchev–Trinajstić information content (AvgIpc) is 2.45. The maximum atomic E-state index is 12.3. The Hall–Kier alpha value is -2.01. The van der Waals surface area contributed by atoms with E-state index in [1.54, 1.807) is 12.1 Å². The third kappa shape index (κ3) is 3.19. The predicted molar refractivity (Wildman–Crippen MR) is 74.0 cm³/mol. The van der Waals surface area contributed by atoms with Crippen molar-refractivity contribution in [1.29, 1.82) is 0 Å². The minimum Gasteiger partial charge on any atom is -0.406 e. The van der Waals surface area contributed by atoms with Gasteiger partial charge in [-0.1, -0.05) is 30.3 Å². The first-order valence-corrected chi connectivity index (χ1v) is 6.70. The number of hydrogen-bond acceptors (Lipinski definition) is 2. The van der Waals surface area contributed by atoms with Crippen LogP contribution in [-0.2, 0) is 13.0 Å². The molecule has 0 aromatic heterocycles. The van der Waals surface area contributed by atoms with E-state index in [0.717, 1.165) is 36.2 Å². The van der Waals surface area contributed by atoms with E-state index in [2.05, 4.69) is 16.1 Å². The number of nitrogens with one attached hydrogen (secondary N) is 1. The molecule has 21 heavy (non-hydrogen) atoms. The summed E-state index contributed by atoms with van der Waals surface area (Å²) in [6, 6.07) is 12.0. The number of alkyl halides is 3. The molecule has 0 unspecified atom stereocenters. The highest BCUT2D eigenvalue weighted by Crippen LogP contribution is 2.32. The molecule has 0 aliphatic carbocycles. The fourth-order valence-corrected chi connectivity index (χ4v) is 2.65. The first-order chi connectivity index (χ1) is 10.0. The van der Waals surface area contributed by atoms with Crippen molar-refractivity contribution in [2.75, 3.05) is 6.54 Å². The van der Waals surface area contributed by atoms with Crippen LogP contribution in [0.1, 0.15) is 11.1 Å². The van der Waals surface area contributed by atoms with E-state index in [1.165, 1.54) is 17.7 Å². The summed E-state index contributed by atoms with van der Waals surface area (Å²) < 4.78 is 40.9. The largest absolute Gasteiger partial charge is 0.573 e. The Bertz CT molecular complexity index is 652. The average molecular weight is 293 g/mol. The summed E-state index contributed by atoms with van der Waals surface area (Å²) in [6.45, 7) is 1.66. The Labute approximate surface area is 120 Å². The lowest BCUT2D eigenvalue weighted by Crippen LogP contribution is -2.24. The highest BCUT2D eigenvalue weighted by Gasteiger charge is 2.31. The van der Waals surface area contributed by atoms with Gasteiger partial charge in [0.25, 0.3) is 0 Å². The van der Waals surface area contributed by atoms with Gasteiger partial charge in [-0.3, -0.25) is 0 Å². The summed E-state index contributed by atoms with van der Waals surface area (Å²) in [6.07, 6.45) is -3.74. The third-order valence-corrected chi connectivity index (χ3v) is 3.52. The van der Waals surface area contributed by atoms with Crippen LogP contribution in [0.3, 0.4) is 0 Å². The molecule has 1 aliphatic rings. The molecule has 2 aromatic carbocycles. The highest BCUT2D eigenvalue weighted by molar-refractivity contribution is 5.70. The number of fused-ring (bicyclic) bond motifs is 1. The molecule has 0 fully saturated rings. The third-order valence-electron chi connectivity index (χ3n) is 3.52. The SMILES string of the molecule is FC(F)(F)Oc1cccc(-c2cccc3c2CNCC3)c1. The molecule has 2 aromatic rings. The van der Waals surface area contributed by atoms with Crippen LogP contribution in [0.4, 0.5) is 13.2 Å². The number of halogens is 3. The van der Waals surface area contributed by atoms with E-state index in [-0.39, 0.29) is 5.75 Å². The minimum atomic E-state index is -4.67. The molecule has 0 bridgehead atoms. The van der Waals surface area contributed by atoms with E-state index in [9.17, 15) is 13.2 Å². The Kier molecular flexibility index (Phi) is 3.59. The standard InChI is InChI=1S/C16H14F3NO/c17-16(18,19)21-13-5-1-4-12(9-13)14-6-2-3-11-7-8-20-10-15(11)14/h1-6,9,20H,7-8,10H2. The summed E-state index contributed by atoms with van der Waals surface area (Å²) >= 11 is 0. The number of benzene rings is 2. The minimum absolute atomic E-state index is 0.193. The van der Waals surface area contributed by atoms with Gasteiger partial charge < -0.3 is 10.1 Å². The second kappa shape index (κ2) is 5.41. The van der Waals surface area contributed by atoms with Crippen LogP contribution in [0, 0.1) is 0 Å². The summed E-state index contributed by atoms with van der Waals surface area (Å²) in [5.74, 6) is -0.193. The van der Waals surface area contributed by atoms with E-state index in [4.69, 9.17) is 0 Å². The molecular formula is C16H14F3NO. The van der Waals surface area contributed by atoms with E-state index >= 15 is 0 Å². The smallest absolute Gasteiger partial charge is 0.406 e. The second-order valence-corrected chi connectivity index (χ2v) is 4.95. The van der Waals surface area contributed by atoms with Gasteiger partial charge in [-0.2, -0.15) is 0 Å². The zero-order valence-electron chi connectivity index (χ0n) is 11.2. The maximum absolute atomic E-state index is 12.3. The molecule has 0 saturated carbocycles. The van der Waals surface area contributed by atoms with Gasteiger partial charge in [0.1, 0.15) is 5.75 Å². The molecule has 2 nitrogen and oxygen atoms in total. The van der Waals surface area contributed by atoms with Gasteiger partial charge in [-0.25, -0.2) is 0 Å². The maximum Gasteiger partial charge on any atom is 0.573 e. The van der Waals surface area contributed by atoms with Crippen LogP contribution < -0.4 is 10.1 Å². The van der Waals surface area contributed by atoms with E-state index in [0.29, 0.717) is 0 Å². The van der Waals surface area contributed by atoms with Gasteiger partial charge >= 0.3 is 6.36 Å². The van der Waals surface area contributed by atoms with Crippen LogP contribution in [-0.4, -0.2) is 12.9 Å². The number of hydrogen-bond donors (Lipinski definition) is 1. The van der Waals surface area contributed by atoms with E-state index in [1.807, 2.05) is 12.1 Å². The van der Waals surface area contributed by atoms with Gasteiger partial charge in [0.15, 0.2) is 0 Å². The highest BCUT2D eigenvalue weighted by atomic mass is 19.4. The van der Waals surface area contributed by atoms with Crippen molar-refractivity contribution >= 4 is 0 Å². The molecule has 5 heteroatoms. The van der Waals surface area contributed by atoms with Crippen molar-refractivity contribution in [3.63, 3.8) is 0 Å². The van der Waals surface area contributed by atoms with Gasteiger partial charge in [0.05, 0.1) is 0 Å². The van der Waals surface area contributed by atoms with Crippen molar-refractivity contribution in [2.45, 2.75) is 19.3 Å². The monoisotopic (exact) mass is 293 g/mol. The molecule has 3 rings (SSSR count). The van der Waals surface area contributed by atoms with Crippen molar-refractivity contribution in [1.82, 2.24) is 5.32 Å². The molecule has 1 heterocycles. The zero-order chi connectivity index (χ0) is 14.9. The summed E-state index contributed by atoms with van der Waals surface area (Å²) in [4.78, 5) is 0. The molecule has 0 spiro atoms. The molecule has 0 amide bonds. The van der Waals surface area contributed by atoms with Crippen LogP contribution in [0.2, 0.25) is 0 Å². The van der Waals surface area contributed by atoms with Crippen molar-refractivity contribution in [3.05, 3.63) is 53.6 Å². The van der Waals surface area contributed by atoms with Crippen LogP contribution in [0.5, 0.6) is 5.75 Å².